The van der Waals surface area contributed by atoms with Crippen molar-refractivity contribution in [3.63, 3.8) is 0 Å². The number of nitrogens with zero attached hydrogens (tertiary/aromatic N) is 2. The van der Waals surface area contributed by atoms with Gasteiger partial charge in [0.2, 0.25) is 0 Å². The van der Waals surface area contributed by atoms with E-state index in [1.54, 1.807) is 19.5 Å². The van der Waals surface area contributed by atoms with Gasteiger partial charge in [0.05, 0.1) is 12.8 Å². The van der Waals surface area contributed by atoms with Gasteiger partial charge < -0.3 is 10.6 Å². The molecule has 1 aromatic carbocycles. The Morgan fingerprint density at radius 3 is 2.71 bits per heavy atom. The van der Waals surface area contributed by atoms with Crippen molar-refractivity contribution in [2.75, 3.05) is 7.11 Å². The first-order valence-corrected chi connectivity index (χ1v) is 6.88. The summed E-state index contributed by atoms with van der Waals surface area (Å²) in [4.78, 5) is 4.03. The first kappa shape index (κ1) is 13.4. The lowest BCUT2D eigenvalue weighted by atomic mass is 9.85. The van der Waals surface area contributed by atoms with Gasteiger partial charge in [0.25, 0.3) is 0 Å². The SMILES string of the molecule is COc1ccc2c(c1)CCC(=C\c1ccncc1)/C2=N\N. The topological polar surface area (TPSA) is 60.5 Å². The van der Waals surface area contributed by atoms with E-state index in [9.17, 15) is 0 Å². The maximum Gasteiger partial charge on any atom is 0.119 e. The van der Waals surface area contributed by atoms with Gasteiger partial charge in [0.1, 0.15) is 5.75 Å². The number of aromatic nitrogens is 1. The van der Waals surface area contributed by atoms with Crippen molar-refractivity contribution >= 4 is 11.8 Å². The van der Waals surface area contributed by atoms with Crippen LogP contribution >= 0.6 is 0 Å². The maximum atomic E-state index is 5.64. The predicted octanol–water partition coefficient (Wildman–Crippen LogP) is 2.78. The average Bonchev–Trinajstić information content (AvgIpc) is 2.55. The molecule has 4 heteroatoms. The molecule has 0 amide bonds. The molecular weight excluding hydrogens is 262 g/mol. The molecular formula is C17H17N3O. The van der Waals surface area contributed by atoms with E-state index in [1.165, 1.54) is 5.56 Å². The summed E-state index contributed by atoms with van der Waals surface area (Å²) in [5.41, 5.74) is 5.44. The van der Waals surface area contributed by atoms with Crippen molar-refractivity contribution in [3.05, 3.63) is 65.0 Å². The second kappa shape index (κ2) is 5.79. The molecule has 2 aromatic rings. The summed E-state index contributed by atoms with van der Waals surface area (Å²) in [6, 6.07) is 9.98. The zero-order chi connectivity index (χ0) is 14.7. The Hall–Kier alpha value is -2.62. The van der Waals surface area contributed by atoms with Crippen molar-refractivity contribution in [2.45, 2.75) is 12.8 Å². The third-order valence-corrected chi connectivity index (χ3v) is 3.71. The van der Waals surface area contributed by atoms with E-state index in [2.05, 4.69) is 22.2 Å². The molecule has 4 nitrogen and oxygen atoms in total. The predicted molar refractivity (Wildman–Crippen MR) is 84.3 cm³/mol. The van der Waals surface area contributed by atoms with E-state index in [0.717, 1.165) is 41.0 Å². The highest BCUT2D eigenvalue weighted by Gasteiger charge is 2.20. The number of aryl methyl sites for hydroxylation is 1. The van der Waals surface area contributed by atoms with Gasteiger partial charge in [-0.15, -0.1) is 0 Å². The van der Waals surface area contributed by atoms with Gasteiger partial charge in [-0.3, -0.25) is 4.98 Å². The van der Waals surface area contributed by atoms with Gasteiger partial charge in [0.15, 0.2) is 0 Å². The third kappa shape index (κ3) is 2.65. The van der Waals surface area contributed by atoms with Crippen LogP contribution in [0.1, 0.15) is 23.1 Å². The highest BCUT2D eigenvalue weighted by Crippen LogP contribution is 2.29. The summed E-state index contributed by atoms with van der Waals surface area (Å²) >= 11 is 0. The molecule has 2 N–H and O–H groups in total. The van der Waals surface area contributed by atoms with Gasteiger partial charge in [-0.2, -0.15) is 5.10 Å². The van der Waals surface area contributed by atoms with Gasteiger partial charge in [-0.1, -0.05) is 0 Å². The van der Waals surface area contributed by atoms with E-state index >= 15 is 0 Å². The molecule has 21 heavy (non-hydrogen) atoms. The van der Waals surface area contributed by atoms with Crippen LogP contribution in [0.2, 0.25) is 0 Å². The largest absolute Gasteiger partial charge is 0.497 e. The van der Waals surface area contributed by atoms with Crippen LogP contribution in [-0.4, -0.2) is 17.8 Å². The first-order valence-electron chi connectivity index (χ1n) is 6.88. The molecule has 0 spiro atoms. The Balaban J connectivity index is 2.02. The lowest BCUT2D eigenvalue weighted by molar-refractivity contribution is 0.414. The Labute approximate surface area is 124 Å². The molecule has 0 aliphatic heterocycles. The zero-order valence-electron chi connectivity index (χ0n) is 11.9. The number of benzene rings is 1. The molecule has 106 valence electrons. The summed E-state index contributed by atoms with van der Waals surface area (Å²) in [5.74, 6) is 6.50. The number of hydrogen-bond donors (Lipinski definition) is 1. The minimum Gasteiger partial charge on any atom is -0.497 e. The van der Waals surface area contributed by atoms with Crippen LogP contribution in [0.25, 0.3) is 6.08 Å². The summed E-state index contributed by atoms with van der Waals surface area (Å²) in [5, 5.41) is 4.01. The fraction of sp³-hybridized carbons (Fsp3) is 0.176. The lowest BCUT2D eigenvalue weighted by Gasteiger charge is -2.21. The molecule has 1 aliphatic rings. The van der Waals surface area contributed by atoms with Crippen molar-refractivity contribution in [1.29, 1.82) is 0 Å². The number of pyridine rings is 1. The Morgan fingerprint density at radius 1 is 1.19 bits per heavy atom. The summed E-state index contributed by atoms with van der Waals surface area (Å²) in [6.45, 7) is 0. The van der Waals surface area contributed by atoms with Crippen LogP contribution in [0.3, 0.4) is 0 Å². The minimum absolute atomic E-state index is 0.857. The van der Waals surface area contributed by atoms with E-state index in [4.69, 9.17) is 10.6 Å². The second-order valence-corrected chi connectivity index (χ2v) is 4.95. The molecule has 0 unspecified atom stereocenters. The quantitative estimate of drug-likeness (QED) is 0.679. The number of hydrogen-bond acceptors (Lipinski definition) is 4. The maximum absolute atomic E-state index is 5.64. The van der Waals surface area contributed by atoms with E-state index in [1.807, 2.05) is 24.3 Å². The van der Waals surface area contributed by atoms with Crippen molar-refractivity contribution < 1.29 is 4.74 Å². The molecule has 0 radical (unpaired) electrons. The van der Waals surface area contributed by atoms with Gasteiger partial charge in [0, 0.05) is 18.0 Å². The third-order valence-electron chi connectivity index (χ3n) is 3.71. The number of ether oxygens (including phenoxy) is 1. The van der Waals surface area contributed by atoms with Crippen molar-refractivity contribution in [3.8, 4) is 5.75 Å². The van der Waals surface area contributed by atoms with Crippen LogP contribution in [0.5, 0.6) is 5.75 Å². The molecule has 0 saturated carbocycles. The number of allylic oxidation sites excluding steroid dienone is 1. The molecule has 1 heterocycles. The minimum atomic E-state index is 0.857. The van der Waals surface area contributed by atoms with Crippen LogP contribution in [0, 0.1) is 0 Å². The van der Waals surface area contributed by atoms with Crippen LogP contribution in [-0.2, 0) is 6.42 Å². The van der Waals surface area contributed by atoms with E-state index in [-0.39, 0.29) is 0 Å². The van der Waals surface area contributed by atoms with E-state index in [0.29, 0.717) is 0 Å². The van der Waals surface area contributed by atoms with Crippen LogP contribution in [0.4, 0.5) is 0 Å². The van der Waals surface area contributed by atoms with Gasteiger partial charge >= 0.3 is 0 Å². The van der Waals surface area contributed by atoms with Gasteiger partial charge in [-0.05, 0) is 65.9 Å². The van der Waals surface area contributed by atoms with Crippen LogP contribution in [0.15, 0.2) is 53.4 Å². The van der Waals surface area contributed by atoms with Crippen molar-refractivity contribution in [1.82, 2.24) is 4.98 Å². The van der Waals surface area contributed by atoms with Gasteiger partial charge in [-0.25, -0.2) is 0 Å². The summed E-state index contributed by atoms with van der Waals surface area (Å²) in [7, 11) is 1.68. The summed E-state index contributed by atoms with van der Waals surface area (Å²) in [6.07, 6.45) is 7.57. The molecule has 1 aromatic heterocycles. The Kier molecular flexibility index (Phi) is 3.69. The molecule has 0 atom stereocenters. The highest BCUT2D eigenvalue weighted by molar-refractivity contribution is 6.16. The number of fused-ring (bicyclic) bond motifs is 1. The number of rotatable bonds is 2. The Morgan fingerprint density at radius 2 is 2.00 bits per heavy atom. The Bertz CT molecular complexity index is 705. The lowest BCUT2D eigenvalue weighted by Crippen LogP contribution is -2.17. The first-order chi connectivity index (χ1) is 10.3. The smallest absolute Gasteiger partial charge is 0.119 e. The standard InChI is InChI=1S/C17H17N3O/c1-21-15-4-5-16-13(11-15)2-3-14(17(16)20-18)10-12-6-8-19-9-7-12/h4-11H,2-3,18H2,1H3/b14-10+,20-17+. The number of hydrazone groups is 1. The molecule has 0 fully saturated rings. The molecule has 0 saturated heterocycles. The number of nitrogens with two attached hydrogens (primary N) is 1. The average molecular weight is 279 g/mol. The second-order valence-electron chi connectivity index (χ2n) is 4.95. The van der Waals surface area contributed by atoms with E-state index < -0.39 is 0 Å². The number of methoxy groups -OCH3 is 1. The van der Waals surface area contributed by atoms with Crippen molar-refractivity contribution in [2.24, 2.45) is 10.9 Å². The summed E-state index contributed by atoms with van der Waals surface area (Å²) < 4.78 is 5.28. The van der Waals surface area contributed by atoms with Crippen LogP contribution < -0.4 is 10.6 Å². The zero-order valence-corrected chi connectivity index (χ0v) is 11.9. The molecule has 0 bridgehead atoms. The highest BCUT2D eigenvalue weighted by atomic mass is 16.5. The normalized spacial score (nSPS) is 17.8. The monoisotopic (exact) mass is 279 g/mol. The molecule has 1 aliphatic carbocycles. The molecule has 3 rings (SSSR count). The fourth-order valence-electron chi connectivity index (χ4n) is 2.65. The fourth-order valence-corrected chi connectivity index (χ4v) is 2.65.